The fourth-order valence-electron chi connectivity index (χ4n) is 3.16. The standard InChI is InChI=1S/C19H27F4N3O2/c1-24-18(26-8-6-16(7-9-26)28-11-3-10-27-2)25-13-14-4-5-15(20)12-17(14)19(21,22)23/h4-5,12,16H,3,6-11,13H2,1-2H3,(H,24,25). The summed E-state index contributed by atoms with van der Waals surface area (Å²) in [6.07, 6.45) is -1.96. The summed E-state index contributed by atoms with van der Waals surface area (Å²) in [7, 11) is 3.24. The molecule has 0 atom stereocenters. The molecule has 5 nitrogen and oxygen atoms in total. The molecule has 0 bridgehead atoms. The van der Waals surface area contributed by atoms with Crippen LogP contribution in [0.1, 0.15) is 30.4 Å². The number of hydrogen-bond acceptors (Lipinski definition) is 3. The first-order valence-corrected chi connectivity index (χ1v) is 9.27. The lowest BCUT2D eigenvalue weighted by atomic mass is 10.1. The number of nitrogens with zero attached hydrogens (tertiary/aromatic N) is 2. The molecule has 9 heteroatoms. The molecular formula is C19H27F4N3O2. The van der Waals surface area contributed by atoms with Crippen molar-refractivity contribution in [1.29, 1.82) is 0 Å². The van der Waals surface area contributed by atoms with E-state index < -0.39 is 17.6 Å². The van der Waals surface area contributed by atoms with Crippen LogP contribution in [0.5, 0.6) is 0 Å². The van der Waals surface area contributed by atoms with Crippen LogP contribution in [0.4, 0.5) is 17.6 Å². The number of methoxy groups -OCH3 is 1. The van der Waals surface area contributed by atoms with E-state index in [-0.39, 0.29) is 18.2 Å². The van der Waals surface area contributed by atoms with Crippen LogP contribution in [0.2, 0.25) is 0 Å². The quantitative estimate of drug-likeness (QED) is 0.327. The molecule has 0 spiro atoms. The summed E-state index contributed by atoms with van der Waals surface area (Å²) in [5.41, 5.74) is -0.995. The molecule has 0 amide bonds. The first-order chi connectivity index (χ1) is 13.3. The number of benzene rings is 1. The SMILES string of the molecule is CN=C(NCc1ccc(F)cc1C(F)(F)F)N1CCC(OCCCOC)CC1. The summed E-state index contributed by atoms with van der Waals surface area (Å²) in [5, 5.41) is 2.96. The van der Waals surface area contributed by atoms with E-state index in [2.05, 4.69) is 10.3 Å². The Hall–Kier alpha value is -1.87. The van der Waals surface area contributed by atoms with Gasteiger partial charge in [0.05, 0.1) is 11.7 Å². The van der Waals surface area contributed by atoms with E-state index in [1.54, 1.807) is 14.2 Å². The van der Waals surface area contributed by atoms with Crippen molar-refractivity contribution in [2.45, 2.75) is 38.1 Å². The summed E-state index contributed by atoms with van der Waals surface area (Å²) < 4.78 is 63.4. The van der Waals surface area contributed by atoms with E-state index in [1.165, 1.54) is 0 Å². The predicted molar refractivity (Wildman–Crippen MR) is 98.6 cm³/mol. The van der Waals surface area contributed by atoms with Gasteiger partial charge in [-0.05, 0) is 37.0 Å². The average Bonchev–Trinajstić information content (AvgIpc) is 2.67. The molecule has 1 aromatic carbocycles. The maximum atomic E-state index is 13.2. The molecule has 28 heavy (non-hydrogen) atoms. The zero-order chi connectivity index (χ0) is 20.6. The normalized spacial score (nSPS) is 16.5. The number of rotatable bonds is 7. The third kappa shape index (κ3) is 6.63. The fraction of sp³-hybridized carbons (Fsp3) is 0.632. The lowest BCUT2D eigenvalue weighted by Gasteiger charge is -2.34. The smallest absolute Gasteiger partial charge is 0.385 e. The Labute approximate surface area is 162 Å². The number of nitrogens with one attached hydrogen (secondary N) is 1. The second kappa shape index (κ2) is 10.6. The van der Waals surface area contributed by atoms with Gasteiger partial charge in [0.2, 0.25) is 0 Å². The van der Waals surface area contributed by atoms with Crippen molar-refractivity contribution < 1.29 is 27.0 Å². The third-order valence-electron chi connectivity index (χ3n) is 4.61. The number of hydrogen-bond donors (Lipinski definition) is 1. The molecule has 1 aliphatic heterocycles. The van der Waals surface area contributed by atoms with E-state index in [0.717, 1.165) is 31.4 Å². The number of guanidine groups is 1. The van der Waals surface area contributed by atoms with E-state index >= 15 is 0 Å². The minimum absolute atomic E-state index is 0.0218. The van der Waals surface area contributed by atoms with Crippen LogP contribution in [-0.4, -0.2) is 57.4 Å². The third-order valence-corrected chi connectivity index (χ3v) is 4.61. The van der Waals surface area contributed by atoms with Crippen molar-refractivity contribution in [2.24, 2.45) is 4.99 Å². The van der Waals surface area contributed by atoms with Crippen molar-refractivity contribution >= 4 is 5.96 Å². The number of halogens is 4. The molecular weight excluding hydrogens is 378 g/mol. The van der Waals surface area contributed by atoms with E-state index in [0.29, 0.717) is 38.3 Å². The minimum atomic E-state index is -4.61. The van der Waals surface area contributed by atoms with Crippen LogP contribution in [0.3, 0.4) is 0 Å². The van der Waals surface area contributed by atoms with Crippen LogP contribution >= 0.6 is 0 Å². The number of ether oxygens (including phenoxy) is 2. The Bertz CT molecular complexity index is 645. The number of alkyl halides is 3. The largest absolute Gasteiger partial charge is 0.416 e. The van der Waals surface area contributed by atoms with Crippen LogP contribution in [0.25, 0.3) is 0 Å². The van der Waals surface area contributed by atoms with Gasteiger partial charge < -0.3 is 19.7 Å². The second-order valence-corrected chi connectivity index (χ2v) is 6.60. The Kier molecular flexibility index (Phi) is 8.50. The monoisotopic (exact) mass is 405 g/mol. The molecule has 0 aromatic heterocycles. The second-order valence-electron chi connectivity index (χ2n) is 6.60. The highest BCUT2D eigenvalue weighted by Crippen LogP contribution is 2.32. The maximum Gasteiger partial charge on any atom is 0.416 e. The molecule has 0 radical (unpaired) electrons. The van der Waals surface area contributed by atoms with E-state index in [1.807, 2.05) is 4.90 Å². The van der Waals surface area contributed by atoms with Crippen molar-refractivity contribution in [3.63, 3.8) is 0 Å². The van der Waals surface area contributed by atoms with Crippen molar-refractivity contribution in [2.75, 3.05) is 40.5 Å². The number of piperidine rings is 1. The zero-order valence-electron chi connectivity index (χ0n) is 16.2. The van der Waals surface area contributed by atoms with Gasteiger partial charge in [0.25, 0.3) is 0 Å². The van der Waals surface area contributed by atoms with Crippen molar-refractivity contribution in [3.8, 4) is 0 Å². The van der Waals surface area contributed by atoms with Gasteiger partial charge in [-0.2, -0.15) is 13.2 Å². The summed E-state index contributed by atoms with van der Waals surface area (Å²) in [6, 6.07) is 2.70. The van der Waals surface area contributed by atoms with Gasteiger partial charge in [-0.1, -0.05) is 6.07 Å². The highest BCUT2D eigenvalue weighted by molar-refractivity contribution is 5.80. The van der Waals surface area contributed by atoms with Crippen LogP contribution in [0.15, 0.2) is 23.2 Å². The molecule has 0 aliphatic carbocycles. The molecule has 1 saturated heterocycles. The fourth-order valence-corrected chi connectivity index (χ4v) is 3.16. The number of likely N-dealkylation sites (tertiary alicyclic amines) is 1. The van der Waals surface area contributed by atoms with Gasteiger partial charge in [0.15, 0.2) is 5.96 Å². The first kappa shape index (κ1) is 22.4. The topological polar surface area (TPSA) is 46.1 Å². The Balaban J connectivity index is 1.88. The molecule has 1 heterocycles. The molecule has 0 unspecified atom stereocenters. The Morgan fingerprint density at radius 2 is 1.96 bits per heavy atom. The maximum absolute atomic E-state index is 13.2. The van der Waals surface area contributed by atoms with Crippen molar-refractivity contribution in [1.82, 2.24) is 10.2 Å². The highest BCUT2D eigenvalue weighted by atomic mass is 19.4. The summed E-state index contributed by atoms with van der Waals surface area (Å²) in [6.45, 7) is 2.62. The van der Waals surface area contributed by atoms with E-state index in [9.17, 15) is 17.6 Å². The molecule has 1 N–H and O–H groups in total. The highest BCUT2D eigenvalue weighted by Gasteiger charge is 2.33. The summed E-state index contributed by atoms with van der Waals surface area (Å²) >= 11 is 0. The van der Waals surface area contributed by atoms with E-state index in [4.69, 9.17) is 9.47 Å². The lowest BCUT2D eigenvalue weighted by molar-refractivity contribution is -0.138. The van der Waals surface area contributed by atoms with Gasteiger partial charge >= 0.3 is 6.18 Å². The molecule has 1 aromatic rings. The zero-order valence-corrected chi connectivity index (χ0v) is 16.2. The molecule has 2 rings (SSSR count). The van der Waals surface area contributed by atoms with Gasteiger partial charge in [0, 0.05) is 47.0 Å². The first-order valence-electron chi connectivity index (χ1n) is 9.27. The molecule has 158 valence electrons. The molecule has 1 fully saturated rings. The van der Waals surface area contributed by atoms with Crippen LogP contribution in [-0.2, 0) is 22.2 Å². The summed E-state index contributed by atoms with van der Waals surface area (Å²) in [5.74, 6) is -0.386. The number of aliphatic imine (C=N–C) groups is 1. The predicted octanol–water partition coefficient (Wildman–Crippen LogP) is 3.44. The van der Waals surface area contributed by atoms with Crippen molar-refractivity contribution in [3.05, 3.63) is 35.1 Å². The van der Waals surface area contributed by atoms with Gasteiger partial charge in [-0.15, -0.1) is 0 Å². The van der Waals surface area contributed by atoms with Gasteiger partial charge in [0.1, 0.15) is 5.82 Å². The summed E-state index contributed by atoms with van der Waals surface area (Å²) in [4.78, 5) is 6.16. The molecule has 0 saturated carbocycles. The average molecular weight is 405 g/mol. The minimum Gasteiger partial charge on any atom is -0.385 e. The molecule has 1 aliphatic rings. The Morgan fingerprint density at radius 1 is 1.25 bits per heavy atom. The van der Waals surface area contributed by atoms with Crippen LogP contribution < -0.4 is 5.32 Å². The van der Waals surface area contributed by atoms with Gasteiger partial charge in [-0.25, -0.2) is 4.39 Å². The Morgan fingerprint density at radius 3 is 2.57 bits per heavy atom. The van der Waals surface area contributed by atoms with Crippen LogP contribution in [0, 0.1) is 5.82 Å². The lowest BCUT2D eigenvalue weighted by Crippen LogP contribution is -2.46. The van der Waals surface area contributed by atoms with Gasteiger partial charge in [-0.3, -0.25) is 4.99 Å².